The van der Waals surface area contributed by atoms with Crippen molar-refractivity contribution in [2.24, 2.45) is 0 Å². The van der Waals surface area contributed by atoms with E-state index in [0.717, 1.165) is 5.56 Å². The molecule has 0 spiro atoms. The first-order valence-electron chi connectivity index (χ1n) is 8.11. The molecule has 2 aromatic carbocycles. The summed E-state index contributed by atoms with van der Waals surface area (Å²) in [5, 5.41) is 14.4. The Bertz CT molecular complexity index is 768. The van der Waals surface area contributed by atoms with E-state index in [0.29, 0.717) is 18.4 Å². The van der Waals surface area contributed by atoms with Gasteiger partial charge in [-0.25, -0.2) is 0 Å². The predicted molar refractivity (Wildman–Crippen MR) is 88.3 cm³/mol. The number of nitrogens with zero attached hydrogens (tertiary/aromatic N) is 1. The van der Waals surface area contributed by atoms with E-state index in [-0.39, 0.29) is 11.8 Å². The van der Waals surface area contributed by atoms with Crippen molar-refractivity contribution in [3.8, 4) is 5.75 Å². The highest BCUT2D eigenvalue weighted by atomic mass is 19.4. The zero-order valence-electron chi connectivity index (χ0n) is 13.6. The number of nitro groups is 1. The topological polar surface area (TPSA) is 64.4 Å². The highest BCUT2D eigenvalue weighted by molar-refractivity contribution is 5.32. The number of hydrogen-bond donors (Lipinski definition) is 1. The molecule has 0 aliphatic carbocycles. The molecular weight excluding hydrogens is 349 g/mol. The van der Waals surface area contributed by atoms with Crippen molar-refractivity contribution in [2.75, 3.05) is 0 Å². The molecule has 1 heterocycles. The maximum atomic E-state index is 12.4. The monoisotopic (exact) mass is 366 g/mol. The number of halogens is 3. The third-order valence-electron chi connectivity index (χ3n) is 4.40. The van der Waals surface area contributed by atoms with Crippen molar-refractivity contribution < 1.29 is 22.8 Å². The second-order valence-corrected chi connectivity index (χ2v) is 6.25. The van der Waals surface area contributed by atoms with E-state index in [1.807, 2.05) is 30.3 Å². The third kappa shape index (κ3) is 4.51. The van der Waals surface area contributed by atoms with E-state index < -0.39 is 23.4 Å². The highest BCUT2D eigenvalue weighted by Crippen LogP contribution is 2.35. The molecule has 8 heteroatoms. The van der Waals surface area contributed by atoms with Gasteiger partial charge in [0.1, 0.15) is 5.75 Å². The van der Waals surface area contributed by atoms with Crippen molar-refractivity contribution in [2.45, 2.75) is 37.3 Å². The van der Waals surface area contributed by atoms with Gasteiger partial charge in [0.2, 0.25) is 0 Å². The Labute approximate surface area is 147 Å². The molecule has 138 valence electrons. The van der Waals surface area contributed by atoms with E-state index in [4.69, 9.17) is 0 Å². The molecule has 0 aromatic heterocycles. The average molecular weight is 366 g/mol. The van der Waals surface area contributed by atoms with Gasteiger partial charge in [-0.2, -0.15) is 0 Å². The minimum Gasteiger partial charge on any atom is -0.406 e. The van der Waals surface area contributed by atoms with Crippen LogP contribution in [0.5, 0.6) is 5.75 Å². The smallest absolute Gasteiger partial charge is 0.406 e. The molecule has 0 amide bonds. The molecule has 3 unspecified atom stereocenters. The van der Waals surface area contributed by atoms with E-state index >= 15 is 0 Å². The molecule has 0 saturated carbocycles. The standard InChI is InChI=1S/C18H17F3N2O3/c19-18(20,21)26-15-8-4-7-13(10-15)16-11-14(22-17(16)23(24)25)9-12-5-2-1-3-6-12/h1-8,10,14,16-17,22H,9,11H2. The quantitative estimate of drug-likeness (QED) is 0.644. The fourth-order valence-corrected chi connectivity index (χ4v) is 3.37. The Morgan fingerprint density at radius 2 is 1.88 bits per heavy atom. The Morgan fingerprint density at radius 1 is 1.15 bits per heavy atom. The number of benzene rings is 2. The molecule has 3 atom stereocenters. The lowest BCUT2D eigenvalue weighted by Crippen LogP contribution is -2.38. The summed E-state index contributed by atoms with van der Waals surface area (Å²) >= 11 is 0. The Balaban J connectivity index is 1.79. The number of hydrogen-bond acceptors (Lipinski definition) is 4. The molecule has 1 saturated heterocycles. The van der Waals surface area contributed by atoms with Gasteiger partial charge >= 0.3 is 6.36 Å². The predicted octanol–water partition coefficient (Wildman–Crippen LogP) is 3.88. The Morgan fingerprint density at radius 3 is 2.54 bits per heavy atom. The van der Waals surface area contributed by atoms with Gasteiger partial charge in [-0.05, 0) is 36.1 Å². The van der Waals surface area contributed by atoms with Gasteiger partial charge in [0.05, 0.1) is 5.92 Å². The summed E-state index contributed by atoms with van der Waals surface area (Å²) in [7, 11) is 0. The van der Waals surface area contributed by atoms with Crippen LogP contribution in [0, 0.1) is 10.1 Å². The second kappa shape index (κ2) is 7.33. The van der Waals surface area contributed by atoms with Crippen LogP contribution in [0.1, 0.15) is 23.5 Å². The number of alkyl halides is 3. The number of nitrogens with one attached hydrogen (secondary N) is 1. The maximum Gasteiger partial charge on any atom is 0.573 e. The summed E-state index contributed by atoms with van der Waals surface area (Å²) in [5.41, 5.74) is 1.50. The molecule has 0 bridgehead atoms. The van der Waals surface area contributed by atoms with Gasteiger partial charge in [0.15, 0.2) is 0 Å². The van der Waals surface area contributed by atoms with Gasteiger partial charge < -0.3 is 4.74 Å². The fraction of sp³-hybridized carbons (Fsp3) is 0.333. The van der Waals surface area contributed by atoms with Gasteiger partial charge in [-0.15, -0.1) is 13.2 Å². The Hall–Kier alpha value is -2.61. The Kier molecular flexibility index (Phi) is 5.13. The van der Waals surface area contributed by atoms with Gasteiger partial charge in [0, 0.05) is 11.0 Å². The van der Waals surface area contributed by atoms with Crippen LogP contribution in [0.4, 0.5) is 13.2 Å². The summed E-state index contributed by atoms with van der Waals surface area (Å²) in [6, 6.07) is 14.8. The maximum absolute atomic E-state index is 12.4. The average Bonchev–Trinajstić information content (AvgIpc) is 2.99. The van der Waals surface area contributed by atoms with Crippen LogP contribution in [0.15, 0.2) is 54.6 Å². The summed E-state index contributed by atoms with van der Waals surface area (Å²) < 4.78 is 41.2. The molecule has 0 radical (unpaired) electrons. The molecule has 1 aliphatic heterocycles. The lowest BCUT2D eigenvalue weighted by Gasteiger charge is -2.15. The van der Waals surface area contributed by atoms with E-state index in [9.17, 15) is 23.3 Å². The molecular formula is C18H17F3N2O3. The van der Waals surface area contributed by atoms with E-state index in [1.165, 1.54) is 18.2 Å². The van der Waals surface area contributed by atoms with Crippen LogP contribution in [0.25, 0.3) is 0 Å². The van der Waals surface area contributed by atoms with Crippen molar-refractivity contribution in [1.29, 1.82) is 0 Å². The van der Waals surface area contributed by atoms with Gasteiger partial charge in [-0.3, -0.25) is 15.4 Å². The lowest BCUT2D eigenvalue weighted by atomic mass is 9.92. The fourth-order valence-electron chi connectivity index (χ4n) is 3.37. The summed E-state index contributed by atoms with van der Waals surface area (Å²) in [4.78, 5) is 11.0. The van der Waals surface area contributed by atoms with Crippen molar-refractivity contribution in [3.63, 3.8) is 0 Å². The van der Waals surface area contributed by atoms with Gasteiger partial charge in [-0.1, -0.05) is 42.5 Å². The second-order valence-electron chi connectivity index (χ2n) is 6.25. The van der Waals surface area contributed by atoms with Crippen LogP contribution in [-0.4, -0.2) is 23.5 Å². The molecule has 3 rings (SSSR count). The molecule has 1 fully saturated rings. The first-order valence-corrected chi connectivity index (χ1v) is 8.11. The van der Waals surface area contributed by atoms with E-state index in [2.05, 4.69) is 10.1 Å². The largest absolute Gasteiger partial charge is 0.573 e. The molecule has 1 N–H and O–H groups in total. The van der Waals surface area contributed by atoms with Crippen molar-refractivity contribution in [3.05, 3.63) is 75.8 Å². The highest BCUT2D eigenvalue weighted by Gasteiger charge is 2.42. The van der Waals surface area contributed by atoms with Crippen LogP contribution in [0.3, 0.4) is 0 Å². The van der Waals surface area contributed by atoms with E-state index in [1.54, 1.807) is 6.07 Å². The van der Waals surface area contributed by atoms with Crippen LogP contribution < -0.4 is 10.1 Å². The minimum atomic E-state index is -4.80. The third-order valence-corrected chi connectivity index (χ3v) is 4.40. The summed E-state index contributed by atoms with van der Waals surface area (Å²) in [6.45, 7) is 0. The normalized spacial score (nSPS) is 23.0. The van der Waals surface area contributed by atoms with Crippen LogP contribution >= 0.6 is 0 Å². The first kappa shape index (κ1) is 18.2. The number of rotatable bonds is 5. The molecule has 5 nitrogen and oxygen atoms in total. The summed E-state index contributed by atoms with van der Waals surface area (Å²) in [6.07, 6.45) is -4.79. The van der Waals surface area contributed by atoms with Crippen LogP contribution in [-0.2, 0) is 6.42 Å². The minimum absolute atomic E-state index is 0.134. The summed E-state index contributed by atoms with van der Waals surface area (Å²) in [5.74, 6) is -0.904. The molecule has 1 aliphatic rings. The lowest BCUT2D eigenvalue weighted by molar-refractivity contribution is -0.529. The molecule has 2 aromatic rings. The zero-order valence-corrected chi connectivity index (χ0v) is 13.6. The van der Waals surface area contributed by atoms with Gasteiger partial charge in [0.25, 0.3) is 6.17 Å². The van der Waals surface area contributed by atoms with Crippen LogP contribution in [0.2, 0.25) is 0 Å². The number of ether oxygens (including phenoxy) is 1. The molecule has 26 heavy (non-hydrogen) atoms. The van der Waals surface area contributed by atoms with Crippen molar-refractivity contribution in [1.82, 2.24) is 5.32 Å². The van der Waals surface area contributed by atoms with Crippen molar-refractivity contribution >= 4 is 0 Å². The first-order chi connectivity index (χ1) is 12.3. The zero-order chi connectivity index (χ0) is 18.7. The SMILES string of the molecule is O=[N+]([O-])C1NC(Cc2ccccc2)CC1c1cccc(OC(F)(F)F)c1.